The van der Waals surface area contributed by atoms with Crippen LogP contribution >= 0.6 is 0 Å². The average Bonchev–Trinajstić information content (AvgIpc) is 2.80. The first-order valence-electron chi connectivity index (χ1n) is 9.37. The molecule has 0 aliphatic heterocycles. The largest absolute Gasteiger partial charge is 0.492 e. The molecule has 1 amide bonds. The lowest BCUT2D eigenvalue weighted by Gasteiger charge is -2.16. The summed E-state index contributed by atoms with van der Waals surface area (Å²) in [5, 5.41) is 16.5. The number of aromatic hydroxyl groups is 1. The van der Waals surface area contributed by atoms with Crippen molar-refractivity contribution in [1.29, 1.82) is 0 Å². The maximum Gasteiger partial charge on any atom is 0.294 e. The Bertz CT molecular complexity index is 1320. The molecule has 3 aromatic carbocycles. The molecule has 31 heavy (non-hydrogen) atoms. The van der Waals surface area contributed by atoms with E-state index in [-0.39, 0.29) is 28.6 Å². The number of hydrogen-bond acceptors (Lipinski definition) is 6. The predicted octanol–water partition coefficient (Wildman–Crippen LogP) is 3.99. The Morgan fingerprint density at radius 2 is 1.65 bits per heavy atom. The Morgan fingerprint density at radius 1 is 0.968 bits per heavy atom. The van der Waals surface area contributed by atoms with Crippen molar-refractivity contribution in [2.75, 3.05) is 5.32 Å². The maximum absolute atomic E-state index is 13.0. The van der Waals surface area contributed by atoms with Crippen molar-refractivity contribution in [3.63, 3.8) is 0 Å². The van der Waals surface area contributed by atoms with Crippen molar-refractivity contribution in [2.24, 2.45) is 5.18 Å². The van der Waals surface area contributed by atoms with Gasteiger partial charge in [-0.2, -0.15) is 0 Å². The molecule has 0 aliphatic carbocycles. The number of carbonyl (C=O) groups excluding carboxylic acids is 1. The number of amides is 1. The predicted molar refractivity (Wildman–Crippen MR) is 116 cm³/mol. The normalized spacial score (nSPS) is 10.6. The van der Waals surface area contributed by atoms with Crippen LogP contribution in [0.5, 0.6) is 5.88 Å². The van der Waals surface area contributed by atoms with E-state index >= 15 is 0 Å². The molecule has 4 rings (SSSR count). The fourth-order valence-corrected chi connectivity index (χ4v) is 3.18. The van der Waals surface area contributed by atoms with E-state index in [0.717, 1.165) is 5.56 Å². The topological polar surface area (TPSA) is 110 Å². The fourth-order valence-electron chi connectivity index (χ4n) is 3.18. The fraction of sp³-hybridized carbons (Fsp3) is 0.0435. The van der Waals surface area contributed by atoms with Crippen LogP contribution in [0.1, 0.15) is 15.9 Å². The SMILES string of the molecule is O=Nc1ccc2c(C(=O)Nc3ccccc3)c(O)n(OCc3ccccc3)c(=O)c2c1. The van der Waals surface area contributed by atoms with Gasteiger partial charge < -0.3 is 15.3 Å². The molecule has 0 fully saturated rings. The van der Waals surface area contributed by atoms with Gasteiger partial charge in [-0.15, -0.1) is 9.64 Å². The molecule has 1 heterocycles. The first-order valence-corrected chi connectivity index (χ1v) is 9.37. The van der Waals surface area contributed by atoms with Crippen LogP contribution in [0.15, 0.2) is 88.8 Å². The van der Waals surface area contributed by atoms with E-state index in [2.05, 4.69) is 10.5 Å². The zero-order valence-corrected chi connectivity index (χ0v) is 16.2. The molecule has 0 aliphatic rings. The quantitative estimate of drug-likeness (QED) is 0.463. The number of fused-ring (bicyclic) bond motifs is 1. The minimum Gasteiger partial charge on any atom is -0.492 e. The van der Waals surface area contributed by atoms with Crippen molar-refractivity contribution in [2.45, 2.75) is 6.61 Å². The van der Waals surface area contributed by atoms with E-state index < -0.39 is 17.3 Å². The van der Waals surface area contributed by atoms with Gasteiger partial charge in [0.25, 0.3) is 11.5 Å². The zero-order chi connectivity index (χ0) is 21.8. The molecule has 2 N–H and O–H groups in total. The van der Waals surface area contributed by atoms with E-state index in [0.29, 0.717) is 10.4 Å². The van der Waals surface area contributed by atoms with E-state index in [4.69, 9.17) is 4.84 Å². The number of benzene rings is 3. The van der Waals surface area contributed by atoms with Crippen LogP contribution in [0, 0.1) is 4.91 Å². The van der Waals surface area contributed by atoms with Crippen molar-refractivity contribution < 1.29 is 14.7 Å². The summed E-state index contributed by atoms with van der Waals surface area (Å²) in [6.45, 7) is -0.0226. The second-order valence-electron chi connectivity index (χ2n) is 6.70. The van der Waals surface area contributed by atoms with Crippen molar-refractivity contribution >= 4 is 28.1 Å². The number of anilines is 1. The molecule has 0 saturated carbocycles. The number of rotatable bonds is 6. The van der Waals surface area contributed by atoms with Crippen molar-refractivity contribution in [3.8, 4) is 5.88 Å². The lowest BCUT2D eigenvalue weighted by Crippen LogP contribution is -2.29. The molecule has 0 bridgehead atoms. The van der Waals surface area contributed by atoms with Crippen molar-refractivity contribution in [3.05, 3.63) is 105 Å². The Morgan fingerprint density at radius 3 is 2.32 bits per heavy atom. The van der Waals surface area contributed by atoms with Crippen LogP contribution in [0.3, 0.4) is 0 Å². The summed E-state index contributed by atoms with van der Waals surface area (Å²) in [6, 6.07) is 21.7. The van der Waals surface area contributed by atoms with E-state index in [1.165, 1.54) is 18.2 Å². The second-order valence-corrected chi connectivity index (χ2v) is 6.70. The minimum absolute atomic E-state index is 0.0133. The van der Waals surface area contributed by atoms with Gasteiger partial charge in [0.15, 0.2) is 0 Å². The Kier molecular flexibility index (Phi) is 5.44. The number of carbonyl (C=O) groups is 1. The number of nitroso groups, excluding NO2 is 1. The third-order valence-electron chi connectivity index (χ3n) is 4.67. The molecule has 8 heteroatoms. The zero-order valence-electron chi connectivity index (χ0n) is 16.2. The van der Waals surface area contributed by atoms with Gasteiger partial charge in [0.05, 0.1) is 5.39 Å². The van der Waals surface area contributed by atoms with E-state index in [9.17, 15) is 19.6 Å². The lowest BCUT2D eigenvalue weighted by molar-refractivity contribution is 0.0705. The highest BCUT2D eigenvalue weighted by Crippen LogP contribution is 2.28. The van der Waals surface area contributed by atoms with Crippen LogP contribution in [0.2, 0.25) is 0 Å². The van der Waals surface area contributed by atoms with Gasteiger partial charge in [-0.25, -0.2) is 0 Å². The number of aromatic nitrogens is 1. The van der Waals surface area contributed by atoms with Crippen molar-refractivity contribution in [1.82, 2.24) is 4.73 Å². The summed E-state index contributed by atoms with van der Waals surface area (Å²) in [5.41, 5.74) is 0.398. The lowest BCUT2D eigenvalue weighted by atomic mass is 10.1. The third-order valence-corrected chi connectivity index (χ3v) is 4.67. The highest BCUT2D eigenvalue weighted by atomic mass is 16.7. The molecule has 1 aromatic heterocycles. The number of para-hydroxylation sites is 1. The van der Waals surface area contributed by atoms with E-state index in [1.807, 2.05) is 18.2 Å². The first-order chi connectivity index (χ1) is 15.1. The number of hydrogen-bond donors (Lipinski definition) is 2. The molecule has 8 nitrogen and oxygen atoms in total. The first kappa shape index (κ1) is 19.8. The summed E-state index contributed by atoms with van der Waals surface area (Å²) < 4.78 is 0.657. The monoisotopic (exact) mass is 415 g/mol. The summed E-state index contributed by atoms with van der Waals surface area (Å²) in [7, 11) is 0. The molecule has 154 valence electrons. The van der Waals surface area contributed by atoms with Gasteiger partial charge in [0.2, 0.25) is 5.88 Å². The highest BCUT2D eigenvalue weighted by molar-refractivity contribution is 6.14. The van der Waals surface area contributed by atoms with Gasteiger partial charge in [-0.05, 0) is 35.0 Å². The minimum atomic E-state index is -0.717. The summed E-state index contributed by atoms with van der Waals surface area (Å²) in [4.78, 5) is 42.5. The third kappa shape index (κ3) is 3.99. The van der Waals surface area contributed by atoms with Crippen LogP contribution in [-0.2, 0) is 6.61 Å². The molecule has 0 unspecified atom stereocenters. The number of pyridine rings is 1. The van der Waals surface area contributed by atoms with E-state index in [1.54, 1.807) is 42.5 Å². The number of nitrogens with zero attached hydrogens (tertiary/aromatic N) is 2. The van der Waals surface area contributed by atoms with Crippen LogP contribution < -0.4 is 15.7 Å². The summed E-state index contributed by atoms with van der Waals surface area (Å²) in [6.07, 6.45) is 0. The van der Waals surface area contributed by atoms with Crippen LogP contribution in [-0.4, -0.2) is 15.7 Å². The Hall–Kier alpha value is -4.46. The highest BCUT2D eigenvalue weighted by Gasteiger charge is 2.23. The Balaban J connectivity index is 1.83. The molecule has 0 radical (unpaired) electrons. The average molecular weight is 415 g/mol. The van der Waals surface area contributed by atoms with Crippen LogP contribution in [0.25, 0.3) is 10.8 Å². The summed E-state index contributed by atoms with van der Waals surface area (Å²) >= 11 is 0. The van der Waals surface area contributed by atoms with Gasteiger partial charge in [-0.1, -0.05) is 54.6 Å². The number of nitrogens with one attached hydrogen (secondary N) is 1. The molecule has 0 atom stereocenters. The molecular formula is C23H17N3O5. The molecule has 0 saturated heterocycles. The van der Waals surface area contributed by atoms with Crippen LogP contribution in [0.4, 0.5) is 11.4 Å². The maximum atomic E-state index is 13.0. The molecule has 0 spiro atoms. The smallest absolute Gasteiger partial charge is 0.294 e. The van der Waals surface area contributed by atoms with Gasteiger partial charge in [0.1, 0.15) is 17.9 Å². The van der Waals surface area contributed by atoms with Gasteiger partial charge in [-0.3, -0.25) is 9.59 Å². The summed E-state index contributed by atoms with van der Waals surface area (Å²) in [5.74, 6) is -1.29. The van der Waals surface area contributed by atoms with Gasteiger partial charge in [0, 0.05) is 11.1 Å². The Labute approximate surface area is 176 Å². The van der Waals surface area contributed by atoms with Gasteiger partial charge >= 0.3 is 0 Å². The molecule has 4 aromatic rings. The second kappa shape index (κ2) is 8.50. The standard InChI is InChI=1S/C23H17N3O5/c27-21(24-16-9-5-2-6-10-16)20-18-12-11-17(25-30)13-19(18)22(28)26(23(20)29)31-14-15-7-3-1-4-8-15/h1-13,29H,14H2,(H,24,27). The molecular weight excluding hydrogens is 398 g/mol.